The summed E-state index contributed by atoms with van der Waals surface area (Å²) < 4.78 is 1.07. The van der Waals surface area contributed by atoms with Crippen LogP contribution in [0, 0.1) is 0 Å². The van der Waals surface area contributed by atoms with Crippen LogP contribution in [-0.4, -0.2) is 23.8 Å². The summed E-state index contributed by atoms with van der Waals surface area (Å²) >= 11 is 3.42. The van der Waals surface area contributed by atoms with Gasteiger partial charge >= 0.3 is 0 Å². The van der Waals surface area contributed by atoms with Gasteiger partial charge in [-0.3, -0.25) is 0 Å². The number of nitrogens with zero attached hydrogens (tertiary/aromatic N) is 1. The van der Waals surface area contributed by atoms with Gasteiger partial charge in [0.1, 0.15) is 11.5 Å². The molecular weight excluding hydrogens is 318 g/mol. The minimum atomic E-state index is 0.194. The Morgan fingerprint density at radius 3 is 2.45 bits per heavy atom. The molecule has 0 aliphatic heterocycles. The standard InChI is InChI=1S/C16H18BrNO2/c1-18(14-6-4-13(17)5-7-14)10-2-3-12-11-15(19)8-9-16(12)20/h4-9,11,19-20H,2-3,10H2,1H3. The van der Waals surface area contributed by atoms with Crippen LogP contribution in [0.5, 0.6) is 11.5 Å². The van der Waals surface area contributed by atoms with E-state index >= 15 is 0 Å². The molecule has 0 amide bonds. The molecule has 0 saturated carbocycles. The quantitative estimate of drug-likeness (QED) is 0.813. The molecule has 2 N–H and O–H groups in total. The number of aryl methyl sites for hydroxylation is 1. The Morgan fingerprint density at radius 2 is 1.75 bits per heavy atom. The average Bonchev–Trinajstić information content (AvgIpc) is 2.43. The van der Waals surface area contributed by atoms with Crippen LogP contribution in [0.4, 0.5) is 5.69 Å². The second-order valence-corrected chi connectivity index (χ2v) is 5.73. The summed E-state index contributed by atoms with van der Waals surface area (Å²) in [6.45, 7) is 0.886. The number of halogens is 1. The molecule has 2 aromatic rings. The Hall–Kier alpha value is -1.68. The van der Waals surface area contributed by atoms with Gasteiger partial charge in [-0.05, 0) is 60.9 Å². The van der Waals surface area contributed by atoms with Crippen LogP contribution in [0.15, 0.2) is 46.9 Å². The summed E-state index contributed by atoms with van der Waals surface area (Å²) in [4.78, 5) is 2.17. The van der Waals surface area contributed by atoms with Crippen LogP contribution in [-0.2, 0) is 6.42 Å². The summed E-state index contributed by atoms with van der Waals surface area (Å²) in [6.07, 6.45) is 1.64. The molecule has 0 bridgehead atoms. The lowest BCUT2D eigenvalue weighted by Crippen LogP contribution is -2.18. The van der Waals surface area contributed by atoms with E-state index < -0.39 is 0 Å². The number of hydrogen-bond donors (Lipinski definition) is 2. The van der Waals surface area contributed by atoms with Crippen molar-refractivity contribution in [1.29, 1.82) is 0 Å². The maximum absolute atomic E-state index is 9.72. The molecule has 0 unspecified atom stereocenters. The van der Waals surface area contributed by atoms with E-state index in [0.29, 0.717) is 0 Å². The number of anilines is 1. The Balaban J connectivity index is 1.89. The molecular formula is C16H18BrNO2. The number of rotatable bonds is 5. The average molecular weight is 336 g/mol. The highest BCUT2D eigenvalue weighted by Gasteiger charge is 2.04. The lowest BCUT2D eigenvalue weighted by Gasteiger charge is -2.19. The van der Waals surface area contributed by atoms with E-state index in [1.807, 2.05) is 19.2 Å². The first kappa shape index (κ1) is 14.7. The summed E-state index contributed by atoms with van der Waals surface area (Å²) in [5.41, 5.74) is 1.95. The third-order valence-corrected chi connectivity index (χ3v) is 3.80. The molecule has 0 heterocycles. The molecule has 0 fully saturated rings. The first-order chi connectivity index (χ1) is 9.56. The molecule has 0 aliphatic rings. The van der Waals surface area contributed by atoms with Crippen molar-refractivity contribution in [1.82, 2.24) is 0 Å². The highest BCUT2D eigenvalue weighted by molar-refractivity contribution is 9.10. The fourth-order valence-electron chi connectivity index (χ4n) is 2.10. The first-order valence-corrected chi connectivity index (χ1v) is 7.33. The predicted molar refractivity (Wildman–Crippen MR) is 85.5 cm³/mol. The zero-order chi connectivity index (χ0) is 14.5. The SMILES string of the molecule is CN(CCCc1cc(O)ccc1O)c1ccc(Br)cc1. The molecule has 106 valence electrons. The van der Waals surface area contributed by atoms with Crippen molar-refractivity contribution in [3.8, 4) is 11.5 Å². The maximum atomic E-state index is 9.72. The van der Waals surface area contributed by atoms with Crippen LogP contribution in [0.25, 0.3) is 0 Å². The van der Waals surface area contributed by atoms with Gasteiger partial charge in [0.05, 0.1) is 0 Å². The van der Waals surface area contributed by atoms with E-state index in [0.717, 1.165) is 35.1 Å². The van der Waals surface area contributed by atoms with Gasteiger partial charge in [0.15, 0.2) is 0 Å². The van der Waals surface area contributed by atoms with Crippen molar-refractivity contribution < 1.29 is 10.2 Å². The molecule has 2 rings (SSSR count). The summed E-state index contributed by atoms with van der Waals surface area (Å²) in [7, 11) is 2.05. The minimum Gasteiger partial charge on any atom is -0.508 e. The lowest BCUT2D eigenvalue weighted by molar-refractivity contribution is 0.453. The number of phenolic OH excluding ortho intramolecular Hbond substituents is 2. The molecule has 0 aliphatic carbocycles. The van der Waals surface area contributed by atoms with Gasteiger partial charge in [-0.15, -0.1) is 0 Å². The van der Waals surface area contributed by atoms with Gasteiger partial charge in [-0.25, -0.2) is 0 Å². The molecule has 0 aromatic heterocycles. The van der Waals surface area contributed by atoms with Crippen molar-refractivity contribution in [2.24, 2.45) is 0 Å². The number of aromatic hydroxyl groups is 2. The van der Waals surface area contributed by atoms with Gasteiger partial charge in [0, 0.05) is 23.8 Å². The van der Waals surface area contributed by atoms with E-state index in [1.54, 1.807) is 6.07 Å². The second kappa shape index (κ2) is 6.66. The first-order valence-electron chi connectivity index (χ1n) is 6.54. The molecule has 20 heavy (non-hydrogen) atoms. The van der Waals surface area contributed by atoms with Crippen molar-refractivity contribution in [3.63, 3.8) is 0 Å². The predicted octanol–water partition coefficient (Wildman–Crippen LogP) is 3.93. The van der Waals surface area contributed by atoms with Crippen LogP contribution >= 0.6 is 15.9 Å². The molecule has 0 saturated heterocycles. The monoisotopic (exact) mass is 335 g/mol. The van der Waals surface area contributed by atoms with E-state index in [1.165, 1.54) is 12.1 Å². The van der Waals surface area contributed by atoms with Crippen LogP contribution in [0.3, 0.4) is 0 Å². The van der Waals surface area contributed by atoms with Gasteiger partial charge in [-0.1, -0.05) is 15.9 Å². The van der Waals surface area contributed by atoms with Crippen molar-refractivity contribution >= 4 is 21.6 Å². The Bertz CT molecular complexity index is 569. The van der Waals surface area contributed by atoms with Crippen molar-refractivity contribution in [2.45, 2.75) is 12.8 Å². The number of hydrogen-bond acceptors (Lipinski definition) is 3. The molecule has 0 radical (unpaired) electrons. The maximum Gasteiger partial charge on any atom is 0.119 e. The normalized spacial score (nSPS) is 10.5. The highest BCUT2D eigenvalue weighted by Crippen LogP contribution is 2.24. The van der Waals surface area contributed by atoms with E-state index in [2.05, 4.69) is 33.0 Å². The molecule has 0 atom stereocenters. The third kappa shape index (κ3) is 3.90. The van der Waals surface area contributed by atoms with Crippen LogP contribution < -0.4 is 4.90 Å². The second-order valence-electron chi connectivity index (χ2n) is 4.81. The molecule has 0 spiro atoms. The van der Waals surface area contributed by atoms with Crippen LogP contribution in [0.2, 0.25) is 0 Å². The molecule has 3 nitrogen and oxygen atoms in total. The third-order valence-electron chi connectivity index (χ3n) is 3.27. The fourth-order valence-corrected chi connectivity index (χ4v) is 2.37. The fraction of sp³-hybridized carbons (Fsp3) is 0.250. The Morgan fingerprint density at radius 1 is 1.05 bits per heavy atom. The zero-order valence-corrected chi connectivity index (χ0v) is 13.0. The molecule has 4 heteroatoms. The highest BCUT2D eigenvalue weighted by atomic mass is 79.9. The summed E-state index contributed by atoms with van der Waals surface area (Å²) in [6, 6.07) is 12.8. The van der Waals surface area contributed by atoms with Gasteiger partial charge in [0.25, 0.3) is 0 Å². The Kier molecular flexibility index (Phi) is 4.90. The van der Waals surface area contributed by atoms with Crippen LogP contribution in [0.1, 0.15) is 12.0 Å². The number of benzene rings is 2. The van der Waals surface area contributed by atoms with Gasteiger partial charge in [0.2, 0.25) is 0 Å². The topological polar surface area (TPSA) is 43.7 Å². The molecule has 2 aromatic carbocycles. The minimum absolute atomic E-state index is 0.194. The van der Waals surface area contributed by atoms with E-state index in [4.69, 9.17) is 0 Å². The largest absolute Gasteiger partial charge is 0.508 e. The lowest BCUT2D eigenvalue weighted by atomic mass is 10.1. The smallest absolute Gasteiger partial charge is 0.119 e. The number of phenols is 2. The van der Waals surface area contributed by atoms with E-state index in [9.17, 15) is 10.2 Å². The summed E-state index contributed by atoms with van der Waals surface area (Å²) in [5, 5.41) is 19.1. The van der Waals surface area contributed by atoms with Gasteiger partial charge in [-0.2, -0.15) is 0 Å². The Labute approximate surface area is 127 Å². The summed E-state index contributed by atoms with van der Waals surface area (Å²) in [5.74, 6) is 0.438. The zero-order valence-electron chi connectivity index (χ0n) is 11.4. The van der Waals surface area contributed by atoms with Crippen molar-refractivity contribution in [2.75, 3.05) is 18.5 Å². The van der Waals surface area contributed by atoms with Gasteiger partial charge < -0.3 is 15.1 Å². The van der Waals surface area contributed by atoms with E-state index in [-0.39, 0.29) is 11.5 Å². The van der Waals surface area contributed by atoms with Crippen molar-refractivity contribution in [3.05, 3.63) is 52.5 Å².